The van der Waals surface area contributed by atoms with Crippen molar-refractivity contribution in [1.82, 2.24) is 0 Å². The Labute approximate surface area is 103 Å². The van der Waals surface area contributed by atoms with Gasteiger partial charge in [0.05, 0.1) is 6.04 Å². The van der Waals surface area contributed by atoms with Crippen molar-refractivity contribution in [3.05, 3.63) is 56.8 Å². The molecule has 0 bridgehead atoms. The molecule has 0 saturated heterocycles. The molecule has 1 heterocycles. The first-order valence-electron chi connectivity index (χ1n) is 5.26. The van der Waals surface area contributed by atoms with Crippen molar-refractivity contribution in [2.24, 2.45) is 5.73 Å². The summed E-state index contributed by atoms with van der Waals surface area (Å²) in [6.45, 7) is 3.53. The monoisotopic (exact) mass is 253 g/mol. The van der Waals surface area contributed by atoms with Crippen LogP contribution in [0.5, 0.6) is 0 Å². The summed E-state index contributed by atoms with van der Waals surface area (Å²) in [7, 11) is 0. The third-order valence-electron chi connectivity index (χ3n) is 2.80. The van der Waals surface area contributed by atoms with Crippen molar-refractivity contribution in [2.45, 2.75) is 19.9 Å². The molecule has 4 heteroatoms. The van der Waals surface area contributed by atoms with Gasteiger partial charge in [-0.2, -0.15) is 0 Å². The first kappa shape index (κ1) is 12.2. The van der Waals surface area contributed by atoms with Crippen LogP contribution < -0.4 is 5.73 Å². The van der Waals surface area contributed by atoms with E-state index in [4.69, 9.17) is 5.73 Å². The van der Waals surface area contributed by atoms with Crippen LogP contribution in [0.1, 0.15) is 27.6 Å². The average molecular weight is 253 g/mol. The lowest BCUT2D eigenvalue weighted by atomic mass is 10.0. The number of hydrogen-bond donors (Lipinski definition) is 1. The highest BCUT2D eigenvalue weighted by Gasteiger charge is 2.18. The molecule has 0 spiro atoms. The molecule has 1 nitrogen and oxygen atoms in total. The highest BCUT2D eigenvalue weighted by molar-refractivity contribution is 7.10. The lowest BCUT2D eigenvalue weighted by Gasteiger charge is -2.13. The largest absolute Gasteiger partial charge is 0.320 e. The molecule has 1 aromatic carbocycles. The molecule has 0 aliphatic rings. The van der Waals surface area contributed by atoms with Crippen LogP contribution in [0.4, 0.5) is 8.78 Å². The van der Waals surface area contributed by atoms with Gasteiger partial charge in [-0.3, -0.25) is 0 Å². The van der Waals surface area contributed by atoms with Gasteiger partial charge in [0.2, 0.25) is 0 Å². The van der Waals surface area contributed by atoms with Gasteiger partial charge in [-0.15, -0.1) is 11.3 Å². The molecule has 0 fully saturated rings. The predicted octanol–water partition coefficient (Wildman–Crippen LogP) is 3.69. The summed E-state index contributed by atoms with van der Waals surface area (Å²) in [5.74, 6) is -1.13. The summed E-state index contributed by atoms with van der Waals surface area (Å²) in [6, 6.07) is 3.78. The van der Waals surface area contributed by atoms with Gasteiger partial charge in [0.25, 0.3) is 0 Å². The zero-order valence-electron chi connectivity index (χ0n) is 9.63. The van der Waals surface area contributed by atoms with Crippen molar-refractivity contribution in [1.29, 1.82) is 0 Å². The summed E-state index contributed by atoms with van der Waals surface area (Å²) in [5.41, 5.74) is 7.81. The Kier molecular flexibility index (Phi) is 3.26. The molecule has 0 saturated carbocycles. The Morgan fingerprint density at radius 2 is 1.82 bits per heavy atom. The molecule has 90 valence electrons. The normalized spacial score (nSPS) is 12.8. The van der Waals surface area contributed by atoms with E-state index in [1.807, 2.05) is 18.4 Å². The minimum atomic E-state index is -0.589. The number of hydrogen-bond acceptors (Lipinski definition) is 2. The number of aryl methyl sites for hydroxylation is 2. The van der Waals surface area contributed by atoms with Crippen LogP contribution in [0.25, 0.3) is 0 Å². The van der Waals surface area contributed by atoms with Crippen molar-refractivity contribution in [3.8, 4) is 0 Å². The highest BCUT2D eigenvalue weighted by Crippen LogP contribution is 2.29. The summed E-state index contributed by atoms with van der Waals surface area (Å²) >= 11 is 1.49. The molecular formula is C13H13F2NS. The number of thiophene rings is 1. The molecule has 0 aliphatic heterocycles. The van der Waals surface area contributed by atoms with E-state index in [0.29, 0.717) is 11.1 Å². The van der Waals surface area contributed by atoms with E-state index < -0.39 is 17.7 Å². The Balaban J connectivity index is 2.48. The van der Waals surface area contributed by atoms with E-state index in [1.54, 1.807) is 6.92 Å². The van der Waals surface area contributed by atoms with E-state index in [1.165, 1.54) is 17.4 Å². The van der Waals surface area contributed by atoms with Crippen LogP contribution in [-0.4, -0.2) is 0 Å². The molecular weight excluding hydrogens is 240 g/mol. The van der Waals surface area contributed by atoms with Crippen LogP contribution in [0.2, 0.25) is 0 Å². The molecule has 0 amide bonds. The van der Waals surface area contributed by atoms with E-state index in [-0.39, 0.29) is 0 Å². The van der Waals surface area contributed by atoms with Crippen molar-refractivity contribution < 1.29 is 8.78 Å². The standard InChI is InChI=1S/C13H13F2NS/c1-7-3-4-17-13(7)12(16)9-5-8(2)10(14)6-11(9)15/h3-6,12H,16H2,1-2H3. The molecule has 2 N–H and O–H groups in total. The maximum Gasteiger partial charge on any atom is 0.131 e. The highest BCUT2D eigenvalue weighted by atomic mass is 32.1. The van der Waals surface area contributed by atoms with Gasteiger partial charge in [0.15, 0.2) is 0 Å². The van der Waals surface area contributed by atoms with Crippen LogP contribution >= 0.6 is 11.3 Å². The molecule has 0 aliphatic carbocycles. The Hall–Kier alpha value is -1.26. The summed E-state index contributed by atoms with van der Waals surface area (Å²) in [6.07, 6.45) is 0. The Morgan fingerprint density at radius 1 is 1.12 bits per heavy atom. The lowest BCUT2D eigenvalue weighted by Crippen LogP contribution is -2.14. The molecule has 1 atom stereocenters. The second-order valence-corrected chi connectivity index (χ2v) is 5.02. The molecule has 2 aromatic rings. The maximum atomic E-state index is 13.7. The maximum absolute atomic E-state index is 13.7. The second-order valence-electron chi connectivity index (χ2n) is 4.07. The third kappa shape index (κ3) is 2.23. The molecule has 1 unspecified atom stereocenters. The fourth-order valence-corrected chi connectivity index (χ4v) is 2.71. The predicted molar refractivity (Wildman–Crippen MR) is 66.2 cm³/mol. The number of halogens is 2. The van der Waals surface area contributed by atoms with Crippen molar-refractivity contribution in [3.63, 3.8) is 0 Å². The van der Waals surface area contributed by atoms with Crippen molar-refractivity contribution >= 4 is 11.3 Å². The van der Waals surface area contributed by atoms with E-state index in [9.17, 15) is 8.78 Å². The summed E-state index contributed by atoms with van der Waals surface area (Å²) in [5, 5.41) is 1.92. The van der Waals surface area contributed by atoms with Gasteiger partial charge in [-0.05, 0) is 42.5 Å². The first-order chi connectivity index (χ1) is 8.00. The zero-order valence-corrected chi connectivity index (χ0v) is 10.4. The summed E-state index contributed by atoms with van der Waals surface area (Å²) in [4.78, 5) is 0.912. The minimum Gasteiger partial charge on any atom is -0.320 e. The average Bonchev–Trinajstić information content (AvgIpc) is 2.69. The quantitative estimate of drug-likeness (QED) is 0.867. The minimum absolute atomic E-state index is 0.342. The van der Waals surface area contributed by atoms with Crippen LogP contribution in [0.15, 0.2) is 23.6 Å². The number of nitrogens with two attached hydrogens (primary N) is 1. The van der Waals surface area contributed by atoms with E-state index >= 15 is 0 Å². The van der Waals surface area contributed by atoms with Gasteiger partial charge in [0.1, 0.15) is 11.6 Å². The van der Waals surface area contributed by atoms with Crippen LogP contribution in [0, 0.1) is 25.5 Å². The molecule has 2 rings (SSSR count). The molecule has 17 heavy (non-hydrogen) atoms. The smallest absolute Gasteiger partial charge is 0.131 e. The van der Waals surface area contributed by atoms with Crippen molar-refractivity contribution in [2.75, 3.05) is 0 Å². The Bertz CT molecular complexity index is 548. The van der Waals surface area contributed by atoms with Gasteiger partial charge in [-0.25, -0.2) is 8.78 Å². The van der Waals surface area contributed by atoms with Gasteiger partial charge < -0.3 is 5.73 Å². The van der Waals surface area contributed by atoms with Gasteiger partial charge >= 0.3 is 0 Å². The van der Waals surface area contributed by atoms with E-state index in [2.05, 4.69) is 0 Å². The number of benzene rings is 1. The van der Waals surface area contributed by atoms with E-state index in [0.717, 1.165) is 16.5 Å². The topological polar surface area (TPSA) is 26.0 Å². The first-order valence-corrected chi connectivity index (χ1v) is 6.13. The zero-order chi connectivity index (χ0) is 12.6. The molecule has 1 aromatic heterocycles. The fraction of sp³-hybridized carbons (Fsp3) is 0.231. The fourth-order valence-electron chi connectivity index (χ4n) is 1.76. The molecule has 0 radical (unpaired) electrons. The van der Waals surface area contributed by atoms with Crippen LogP contribution in [-0.2, 0) is 0 Å². The Morgan fingerprint density at radius 3 is 2.41 bits per heavy atom. The lowest BCUT2D eigenvalue weighted by molar-refractivity contribution is 0.561. The summed E-state index contributed by atoms with van der Waals surface area (Å²) < 4.78 is 26.9. The second kappa shape index (κ2) is 4.55. The van der Waals surface area contributed by atoms with Gasteiger partial charge in [-0.1, -0.05) is 0 Å². The van der Waals surface area contributed by atoms with Gasteiger partial charge in [0, 0.05) is 16.5 Å². The SMILES string of the molecule is Cc1cc(C(N)c2sccc2C)c(F)cc1F. The number of rotatable bonds is 2. The van der Waals surface area contributed by atoms with Crippen LogP contribution in [0.3, 0.4) is 0 Å². The third-order valence-corrected chi connectivity index (χ3v) is 3.90.